The molecule has 3 nitrogen and oxygen atoms in total. The molecule has 1 fully saturated rings. The number of ether oxygens (including phenoxy) is 2. The Hall–Kier alpha value is -1.06. The molecule has 3 atom stereocenters. The highest BCUT2D eigenvalue weighted by Gasteiger charge is 2.35. The standard InChI is InChI=1S/C16H23NO2/c1-3-17-14(15-11(2)7-9-18-15)13-6-4-5-12-8-10-19-16(12)13/h4-6,11,14-15,17H,3,7-10H2,1-2H3. The van der Waals surface area contributed by atoms with Gasteiger partial charge in [-0.05, 0) is 24.4 Å². The van der Waals surface area contributed by atoms with Crippen molar-refractivity contribution in [2.45, 2.75) is 38.8 Å². The first kappa shape index (κ1) is 12.9. The topological polar surface area (TPSA) is 30.5 Å². The van der Waals surface area contributed by atoms with Crippen LogP contribution in [0.1, 0.15) is 37.4 Å². The zero-order valence-electron chi connectivity index (χ0n) is 11.8. The predicted octanol–water partition coefficient (Wildman–Crippen LogP) is 2.70. The van der Waals surface area contributed by atoms with Crippen LogP contribution in [0.3, 0.4) is 0 Å². The molecule has 0 amide bonds. The fourth-order valence-electron chi connectivity index (χ4n) is 3.25. The van der Waals surface area contributed by atoms with Crippen molar-refractivity contribution in [3.63, 3.8) is 0 Å². The fraction of sp³-hybridized carbons (Fsp3) is 0.625. The molecule has 2 aliphatic heterocycles. The molecule has 0 spiro atoms. The first-order valence-corrected chi connectivity index (χ1v) is 7.41. The van der Waals surface area contributed by atoms with Gasteiger partial charge in [-0.25, -0.2) is 0 Å². The summed E-state index contributed by atoms with van der Waals surface area (Å²) in [5.74, 6) is 1.69. The molecule has 0 aromatic heterocycles. The number of benzene rings is 1. The Balaban J connectivity index is 1.94. The molecule has 1 aromatic carbocycles. The van der Waals surface area contributed by atoms with Gasteiger partial charge in [0, 0.05) is 18.6 Å². The lowest BCUT2D eigenvalue weighted by Crippen LogP contribution is -2.34. The lowest BCUT2D eigenvalue weighted by atomic mass is 9.91. The van der Waals surface area contributed by atoms with E-state index in [1.54, 1.807) is 0 Å². The highest BCUT2D eigenvalue weighted by Crippen LogP contribution is 2.39. The molecule has 3 rings (SSSR count). The monoisotopic (exact) mass is 261 g/mol. The molecule has 1 N–H and O–H groups in total. The summed E-state index contributed by atoms with van der Waals surface area (Å²) in [6.45, 7) is 7.07. The van der Waals surface area contributed by atoms with E-state index < -0.39 is 0 Å². The highest BCUT2D eigenvalue weighted by atomic mass is 16.5. The van der Waals surface area contributed by atoms with E-state index in [1.807, 2.05) is 0 Å². The molecule has 3 heteroatoms. The Labute approximate surface area is 115 Å². The predicted molar refractivity (Wildman–Crippen MR) is 75.6 cm³/mol. The quantitative estimate of drug-likeness (QED) is 0.904. The van der Waals surface area contributed by atoms with Crippen LogP contribution in [0.25, 0.3) is 0 Å². The van der Waals surface area contributed by atoms with E-state index in [9.17, 15) is 0 Å². The minimum Gasteiger partial charge on any atom is -0.493 e. The number of nitrogens with one attached hydrogen (secondary N) is 1. The van der Waals surface area contributed by atoms with Crippen molar-refractivity contribution >= 4 is 0 Å². The number of hydrogen-bond acceptors (Lipinski definition) is 3. The molecule has 0 saturated carbocycles. The smallest absolute Gasteiger partial charge is 0.127 e. The normalized spacial score (nSPS) is 27.1. The van der Waals surface area contributed by atoms with Gasteiger partial charge >= 0.3 is 0 Å². The summed E-state index contributed by atoms with van der Waals surface area (Å²) in [6.07, 6.45) is 2.45. The van der Waals surface area contributed by atoms with Gasteiger partial charge < -0.3 is 14.8 Å². The van der Waals surface area contributed by atoms with Gasteiger partial charge in [-0.1, -0.05) is 32.0 Å². The maximum Gasteiger partial charge on any atom is 0.127 e. The average Bonchev–Trinajstić information content (AvgIpc) is 3.04. The minimum atomic E-state index is 0.246. The fourth-order valence-corrected chi connectivity index (χ4v) is 3.25. The lowest BCUT2D eigenvalue weighted by Gasteiger charge is -2.28. The second kappa shape index (κ2) is 5.51. The van der Waals surface area contributed by atoms with Crippen LogP contribution >= 0.6 is 0 Å². The van der Waals surface area contributed by atoms with Crippen molar-refractivity contribution in [3.05, 3.63) is 29.3 Å². The first-order chi connectivity index (χ1) is 9.31. The summed E-state index contributed by atoms with van der Waals surface area (Å²) < 4.78 is 11.8. The summed E-state index contributed by atoms with van der Waals surface area (Å²) in [6, 6.07) is 6.75. The van der Waals surface area contributed by atoms with Crippen LogP contribution in [0.4, 0.5) is 0 Å². The van der Waals surface area contributed by atoms with Crippen molar-refractivity contribution in [2.24, 2.45) is 5.92 Å². The van der Waals surface area contributed by atoms with E-state index in [1.165, 1.54) is 11.1 Å². The van der Waals surface area contributed by atoms with Gasteiger partial charge in [0.25, 0.3) is 0 Å². The van der Waals surface area contributed by atoms with Crippen molar-refractivity contribution < 1.29 is 9.47 Å². The molecule has 19 heavy (non-hydrogen) atoms. The SMILES string of the molecule is CCNC(c1cccc2c1OCC2)C1OCCC1C. The van der Waals surface area contributed by atoms with Gasteiger partial charge in [0.2, 0.25) is 0 Å². The molecule has 0 bridgehead atoms. The van der Waals surface area contributed by atoms with Gasteiger partial charge in [-0.2, -0.15) is 0 Å². The Morgan fingerprint density at radius 3 is 3.00 bits per heavy atom. The van der Waals surface area contributed by atoms with E-state index >= 15 is 0 Å². The van der Waals surface area contributed by atoms with Crippen LogP contribution in [0, 0.1) is 5.92 Å². The van der Waals surface area contributed by atoms with Crippen molar-refractivity contribution in [1.29, 1.82) is 0 Å². The molecule has 3 unspecified atom stereocenters. The largest absolute Gasteiger partial charge is 0.493 e. The first-order valence-electron chi connectivity index (χ1n) is 7.41. The third-order valence-electron chi connectivity index (χ3n) is 4.28. The van der Waals surface area contributed by atoms with E-state index in [2.05, 4.69) is 37.4 Å². The van der Waals surface area contributed by atoms with Crippen LogP contribution in [0.15, 0.2) is 18.2 Å². The van der Waals surface area contributed by atoms with Crippen molar-refractivity contribution in [1.82, 2.24) is 5.32 Å². The third kappa shape index (κ3) is 2.37. The maximum absolute atomic E-state index is 5.98. The van der Waals surface area contributed by atoms with E-state index in [0.29, 0.717) is 5.92 Å². The summed E-state index contributed by atoms with van der Waals surface area (Å²) >= 11 is 0. The van der Waals surface area contributed by atoms with Gasteiger partial charge in [0.1, 0.15) is 5.75 Å². The molecule has 0 aliphatic carbocycles. The summed E-state index contributed by atoms with van der Waals surface area (Å²) in [5.41, 5.74) is 2.61. The Morgan fingerprint density at radius 1 is 1.37 bits per heavy atom. The van der Waals surface area contributed by atoms with Crippen LogP contribution in [-0.4, -0.2) is 25.9 Å². The summed E-state index contributed by atoms with van der Waals surface area (Å²) in [5, 5.41) is 3.60. The number of rotatable bonds is 4. The number of fused-ring (bicyclic) bond motifs is 1. The minimum absolute atomic E-state index is 0.246. The van der Waals surface area contributed by atoms with E-state index in [0.717, 1.165) is 38.3 Å². The van der Waals surface area contributed by atoms with Gasteiger partial charge in [-0.15, -0.1) is 0 Å². The second-order valence-electron chi connectivity index (χ2n) is 5.57. The highest BCUT2D eigenvalue weighted by molar-refractivity contribution is 5.46. The molecule has 2 heterocycles. The summed E-state index contributed by atoms with van der Waals surface area (Å²) in [4.78, 5) is 0. The molecule has 1 saturated heterocycles. The van der Waals surface area contributed by atoms with Crippen LogP contribution in [0.5, 0.6) is 5.75 Å². The Bertz CT molecular complexity index is 446. The molecule has 2 aliphatic rings. The zero-order chi connectivity index (χ0) is 13.2. The number of para-hydroxylation sites is 1. The zero-order valence-corrected chi connectivity index (χ0v) is 11.8. The Morgan fingerprint density at radius 2 is 2.26 bits per heavy atom. The van der Waals surface area contributed by atoms with Crippen LogP contribution in [0.2, 0.25) is 0 Å². The average molecular weight is 261 g/mol. The molecular weight excluding hydrogens is 238 g/mol. The number of hydrogen-bond donors (Lipinski definition) is 1. The molecular formula is C16H23NO2. The van der Waals surface area contributed by atoms with Crippen LogP contribution < -0.4 is 10.1 Å². The molecule has 0 radical (unpaired) electrons. The van der Waals surface area contributed by atoms with E-state index in [-0.39, 0.29) is 12.1 Å². The molecule has 104 valence electrons. The lowest BCUT2D eigenvalue weighted by molar-refractivity contribution is 0.0604. The maximum atomic E-state index is 5.98. The summed E-state index contributed by atoms with van der Waals surface area (Å²) in [7, 11) is 0. The van der Waals surface area contributed by atoms with Crippen molar-refractivity contribution in [2.75, 3.05) is 19.8 Å². The number of likely N-dealkylation sites (N-methyl/N-ethyl adjacent to an activating group) is 1. The van der Waals surface area contributed by atoms with Gasteiger partial charge in [0.15, 0.2) is 0 Å². The van der Waals surface area contributed by atoms with Crippen molar-refractivity contribution in [3.8, 4) is 5.75 Å². The van der Waals surface area contributed by atoms with Gasteiger partial charge in [-0.3, -0.25) is 0 Å². The van der Waals surface area contributed by atoms with E-state index in [4.69, 9.17) is 9.47 Å². The third-order valence-corrected chi connectivity index (χ3v) is 4.28. The molecule has 1 aromatic rings. The van der Waals surface area contributed by atoms with Crippen LogP contribution in [-0.2, 0) is 11.2 Å². The Kier molecular flexibility index (Phi) is 3.76. The second-order valence-corrected chi connectivity index (χ2v) is 5.57. The van der Waals surface area contributed by atoms with Gasteiger partial charge in [0.05, 0.1) is 18.8 Å².